The summed E-state index contributed by atoms with van der Waals surface area (Å²) in [6.45, 7) is 1.47. The fourth-order valence-electron chi connectivity index (χ4n) is 3.31. The normalized spacial score (nSPS) is 16.7. The van der Waals surface area contributed by atoms with E-state index in [0.29, 0.717) is 36.1 Å². The summed E-state index contributed by atoms with van der Waals surface area (Å²) in [5.74, 6) is 1.97. The van der Waals surface area contributed by atoms with E-state index in [1.165, 1.54) is 0 Å². The van der Waals surface area contributed by atoms with Gasteiger partial charge in [-0.25, -0.2) is 4.98 Å². The van der Waals surface area contributed by atoms with Gasteiger partial charge in [0.2, 0.25) is 11.7 Å². The third kappa shape index (κ3) is 4.51. The Hall–Kier alpha value is -3.29. The Morgan fingerprint density at radius 2 is 2.14 bits per heavy atom. The van der Waals surface area contributed by atoms with Crippen LogP contribution in [0.15, 0.2) is 53.4 Å². The Kier molecular flexibility index (Phi) is 5.56. The van der Waals surface area contributed by atoms with Crippen molar-refractivity contribution in [3.63, 3.8) is 0 Å². The van der Waals surface area contributed by atoms with Crippen molar-refractivity contribution in [2.45, 2.75) is 19.3 Å². The maximum Gasteiger partial charge on any atom is 0.260 e. The third-order valence-corrected chi connectivity index (χ3v) is 4.70. The first-order valence-corrected chi connectivity index (χ1v) is 9.32. The summed E-state index contributed by atoms with van der Waals surface area (Å²) < 4.78 is 10.9. The van der Waals surface area contributed by atoms with Crippen molar-refractivity contribution in [3.05, 3.63) is 54.8 Å². The van der Waals surface area contributed by atoms with Gasteiger partial charge in [-0.3, -0.25) is 9.78 Å². The number of carbonyl (C=O) groups excluding carboxylic acids is 1. The molecule has 144 valence electrons. The molecule has 0 bridgehead atoms. The molecule has 28 heavy (non-hydrogen) atoms. The predicted molar refractivity (Wildman–Crippen MR) is 100 cm³/mol. The van der Waals surface area contributed by atoms with E-state index < -0.39 is 0 Å². The second kappa shape index (κ2) is 8.60. The molecule has 1 aliphatic heterocycles. The number of aromatic nitrogens is 4. The highest BCUT2D eigenvalue weighted by molar-refractivity contribution is 5.77. The lowest BCUT2D eigenvalue weighted by molar-refractivity contribution is -0.135. The minimum atomic E-state index is -0.000619. The number of nitrogens with zero attached hydrogens (tertiary/aromatic N) is 5. The van der Waals surface area contributed by atoms with Gasteiger partial charge in [-0.15, -0.1) is 0 Å². The number of ether oxygens (including phenoxy) is 1. The van der Waals surface area contributed by atoms with E-state index in [2.05, 4.69) is 20.1 Å². The average Bonchev–Trinajstić information content (AvgIpc) is 3.22. The summed E-state index contributed by atoms with van der Waals surface area (Å²) in [6.07, 6.45) is 7.39. The highest BCUT2D eigenvalue weighted by Gasteiger charge is 2.26. The van der Waals surface area contributed by atoms with Gasteiger partial charge in [0.15, 0.2) is 6.61 Å². The molecule has 3 aromatic rings. The van der Waals surface area contributed by atoms with Crippen LogP contribution in [0.4, 0.5) is 0 Å². The molecular formula is C20H21N5O3. The zero-order valence-corrected chi connectivity index (χ0v) is 15.4. The van der Waals surface area contributed by atoms with E-state index in [-0.39, 0.29) is 18.4 Å². The standard InChI is InChI=1S/C20H21N5O3/c26-19(14-27-16-6-2-1-3-7-16)25-10-4-5-15(13-25)11-18-23-20(24-28-18)17-12-21-8-9-22-17/h1-3,6-9,12,15H,4-5,10-11,13-14H2. The van der Waals surface area contributed by atoms with Crippen LogP contribution in [-0.4, -0.2) is 50.6 Å². The van der Waals surface area contributed by atoms with E-state index in [4.69, 9.17) is 9.26 Å². The predicted octanol–water partition coefficient (Wildman–Crippen LogP) is 2.39. The van der Waals surface area contributed by atoms with Crippen LogP contribution in [0, 0.1) is 5.92 Å². The van der Waals surface area contributed by atoms with E-state index >= 15 is 0 Å². The fourth-order valence-corrected chi connectivity index (χ4v) is 3.31. The molecule has 1 atom stereocenters. The molecule has 1 amide bonds. The molecule has 0 aliphatic carbocycles. The van der Waals surface area contributed by atoms with Crippen molar-refractivity contribution < 1.29 is 14.1 Å². The van der Waals surface area contributed by atoms with Gasteiger partial charge >= 0.3 is 0 Å². The van der Waals surface area contributed by atoms with Crippen LogP contribution >= 0.6 is 0 Å². The molecule has 0 saturated carbocycles. The minimum Gasteiger partial charge on any atom is -0.484 e. The number of para-hydroxylation sites is 1. The van der Waals surface area contributed by atoms with Crippen molar-refractivity contribution in [2.75, 3.05) is 19.7 Å². The van der Waals surface area contributed by atoms with Crippen LogP contribution in [0.2, 0.25) is 0 Å². The van der Waals surface area contributed by atoms with Gasteiger partial charge in [0, 0.05) is 31.9 Å². The summed E-state index contributed by atoms with van der Waals surface area (Å²) in [7, 11) is 0. The highest BCUT2D eigenvalue weighted by atomic mass is 16.5. The lowest BCUT2D eigenvalue weighted by Gasteiger charge is -2.32. The van der Waals surface area contributed by atoms with Crippen LogP contribution in [0.25, 0.3) is 11.5 Å². The molecule has 0 spiro atoms. The molecule has 1 aliphatic rings. The number of hydrogen-bond acceptors (Lipinski definition) is 7. The Balaban J connectivity index is 1.31. The molecule has 4 rings (SSSR count). The van der Waals surface area contributed by atoms with Gasteiger partial charge in [-0.2, -0.15) is 4.98 Å². The Morgan fingerprint density at radius 3 is 2.96 bits per heavy atom. The topological polar surface area (TPSA) is 94.2 Å². The maximum atomic E-state index is 12.5. The van der Waals surface area contributed by atoms with Crippen LogP contribution in [0.3, 0.4) is 0 Å². The van der Waals surface area contributed by atoms with Crippen LogP contribution < -0.4 is 4.74 Å². The molecule has 3 heterocycles. The van der Waals surface area contributed by atoms with Crippen LogP contribution in [0.1, 0.15) is 18.7 Å². The molecule has 1 fully saturated rings. The molecule has 8 nitrogen and oxygen atoms in total. The first-order valence-electron chi connectivity index (χ1n) is 9.32. The van der Waals surface area contributed by atoms with E-state index in [9.17, 15) is 4.79 Å². The fraction of sp³-hybridized carbons (Fsp3) is 0.350. The van der Waals surface area contributed by atoms with Gasteiger partial charge in [0.1, 0.15) is 11.4 Å². The maximum absolute atomic E-state index is 12.5. The molecule has 8 heteroatoms. The molecule has 1 unspecified atom stereocenters. The minimum absolute atomic E-state index is 0.000619. The second-order valence-corrected chi connectivity index (χ2v) is 6.76. The van der Waals surface area contributed by atoms with Crippen molar-refractivity contribution in [2.24, 2.45) is 5.92 Å². The van der Waals surface area contributed by atoms with E-state index in [1.807, 2.05) is 35.2 Å². The number of likely N-dealkylation sites (tertiary alicyclic amines) is 1. The number of benzene rings is 1. The lowest BCUT2D eigenvalue weighted by atomic mass is 9.95. The quantitative estimate of drug-likeness (QED) is 0.649. The largest absolute Gasteiger partial charge is 0.484 e. The molecule has 0 N–H and O–H groups in total. The first-order chi connectivity index (χ1) is 13.8. The Bertz CT molecular complexity index is 900. The number of amides is 1. The van der Waals surface area contributed by atoms with Gasteiger partial charge in [-0.05, 0) is 30.9 Å². The first kappa shape index (κ1) is 18.1. The summed E-state index contributed by atoms with van der Waals surface area (Å²) in [4.78, 5) is 27.0. The molecule has 1 saturated heterocycles. The Morgan fingerprint density at radius 1 is 1.25 bits per heavy atom. The highest BCUT2D eigenvalue weighted by Crippen LogP contribution is 2.22. The monoisotopic (exact) mass is 379 g/mol. The summed E-state index contributed by atoms with van der Waals surface area (Å²) in [6, 6.07) is 9.37. The lowest BCUT2D eigenvalue weighted by Crippen LogP contribution is -2.42. The van der Waals surface area contributed by atoms with Gasteiger partial charge in [-0.1, -0.05) is 23.4 Å². The van der Waals surface area contributed by atoms with Crippen molar-refractivity contribution in [1.82, 2.24) is 25.0 Å². The summed E-state index contributed by atoms with van der Waals surface area (Å²) in [5, 5.41) is 3.98. The number of carbonyl (C=O) groups is 1. The zero-order chi connectivity index (χ0) is 19.2. The van der Waals surface area contributed by atoms with Crippen LogP contribution in [-0.2, 0) is 11.2 Å². The number of piperidine rings is 1. The zero-order valence-electron chi connectivity index (χ0n) is 15.4. The van der Waals surface area contributed by atoms with Crippen molar-refractivity contribution in [1.29, 1.82) is 0 Å². The van der Waals surface area contributed by atoms with Gasteiger partial charge in [0.05, 0.1) is 6.20 Å². The number of hydrogen-bond donors (Lipinski definition) is 0. The number of rotatable bonds is 6. The molecular weight excluding hydrogens is 358 g/mol. The van der Waals surface area contributed by atoms with E-state index in [1.54, 1.807) is 18.6 Å². The van der Waals surface area contributed by atoms with Gasteiger partial charge in [0.25, 0.3) is 5.91 Å². The SMILES string of the molecule is O=C(COc1ccccc1)N1CCCC(Cc2nc(-c3cnccn3)no2)C1. The average molecular weight is 379 g/mol. The smallest absolute Gasteiger partial charge is 0.260 e. The molecule has 1 aromatic carbocycles. The van der Waals surface area contributed by atoms with E-state index in [0.717, 1.165) is 19.4 Å². The third-order valence-electron chi connectivity index (χ3n) is 4.70. The molecule has 0 radical (unpaired) electrons. The Labute approximate surface area is 162 Å². The summed E-state index contributed by atoms with van der Waals surface area (Å²) >= 11 is 0. The van der Waals surface area contributed by atoms with Crippen molar-refractivity contribution in [3.8, 4) is 17.3 Å². The molecule has 2 aromatic heterocycles. The summed E-state index contributed by atoms with van der Waals surface area (Å²) in [5.41, 5.74) is 0.580. The van der Waals surface area contributed by atoms with Crippen LogP contribution in [0.5, 0.6) is 5.75 Å². The van der Waals surface area contributed by atoms with Crippen molar-refractivity contribution >= 4 is 5.91 Å². The van der Waals surface area contributed by atoms with Gasteiger partial charge < -0.3 is 14.2 Å². The second-order valence-electron chi connectivity index (χ2n) is 6.76.